The Labute approximate surface area is 111 Å². The Morgan fingerprint density at radius 3 is 1.61 bits per heavy atom. The van der Waals surface area contributed by atoms with Crippen LogP contribution >= 0.6 is 0 Å². The summed E-state index contributed by atoms with van der Waals surface area (Å²) in [5.74, 6) is 0. The van der Waals surface area contributed by atoms with Crippen LogP contribution in [-0.2, 0) is 9.47 Å². The Morgan fingerprint density at radius 2 is 1.22 bits per heavy atom. The molecule has 0 aromatic carbocycles. The van der Waals surface area contributed by atoms with Crippen LogP contribution in [0.5, 0.6) is 0 Å². The van der Waals surface area contributed by atoms with E-state index in [2.05, 4.69) is 0 Å². The minimum Gasteiger partial charge on any atom is -0.394 e. The number of ether oxygens (including phenoxy) is 2. The SMILES string of the molecule is CC(C)(C)C(O)(COCCOCCO)C(C)(C)C. The van der Waals surface area contributed by atoms with E-state index in [1.807, 2.05) is 41.5 Å². The molecule has 4 nitrogen and oxygen atoms in total. The zero-order chi connectivity index (χ0) is 14.4. The van der Waals surface area contributed by atoms with Gasteiger partial charge in [0, 0.05) is 0 Å². The Bertz CT molecular complexity index is 211. The van der Waals surface area contributed by atoms with Crippen molar-refractivity contribution in [3.63, 3.8) is 0 Å². The van der Waals surface area contributed by atoms with Crippen molar-refractivity contribution in [2.24, 2.45) is 10.8 Å². The number of hydrogen-bond acceptors (Lipinski definition) is 4. The van der Waals surface area contributed by atoms with E-state index in [1.54, 1.807) is 0 Å². The third-order valence-corrected chi connectivity index (χ3v) is 3.40. The van der Waals surface area contributed by atoms with Crippen LogP contribution in [0.15, 0.2) is 0 Å². The minimum atomic E-state index is -0.906. The van der Waals surface area contributed by atoms with Gasteiger partial charge in [-0.15, -0.1) is 0 Å². The molecule has 0 aromatic rings. The zero-order valence-corrected chi connectivity index (χ0v) is 12.7. The van der Waals surface area contributed by atoms with Gasteiger partial charge < -0.3 is 19.7 Å². The summed E-state index contributed by atoms with van der Waals surface area (Å²) in [5.41, 5.74) is -1.44. The monoisotopic (exact) mass is 262 g/mol. The smallest absolute Gasteiger partial charge is 0.0975 e. The second-order valence-corrected chi connectivity index (χ2v) is 6.75. The highest BCUT2D eigenvalue weighted by molar-refractivity contribution is 4.99. The van der Waals surface area contributed by atoms with Gasteiger partial charge in [0.15, 0.2) is 0 Å². The van der Waals surface area contributed by atoms with E-state index in [4.69, 9.17) is 14.6 Å². The first-order chi connectivity index (χ1) is 8.06. The average Bonchev–Trinajstić information content (AvgIpc) is 2.19. The van der Waals surface area contributed by atoms with Gasteiger partial charge in [-0.1, -0.05) is 41.5 Å². The van der Waals surface area contributed by atoms with Gasteiger partial charge in [0.1, 0.15) is 0 Å². The molecular formula is C14H30O4. The van der Waals surface area contributed by atoms with E-state index in [-0.39, 0.29) is 24.0 Å². The van der Waals surface area contributed by atoms with E-state index >= 15 is 0 Å². The lowest BCUT2D eigenvalue weighted by atomic mass is 9.63. The largest absolute Gasteiger partial charge is 0.394 e. The maximum atomic E-state index is 10.9. The van der Waals surface area contributed by atoms with E-state index in [0.29, 0.717) is 19.8 Å². The average molecular weight is 262 g/mol. The van der Waals surface area contributed by atoms with Gasteiger partial charge in [-0.2, -0.15) is 0 Å². The molecule has 18 heavy (non-hydrogen) atoms. The van der Waals surface area contributed by atoms with Crippen molar-refractivity contribution in [1.82, 2.24) is 0 Å². The predicted octanol–water partition coefficient (Wildman–Crippen LogP) is 1.84. The second-order valence-electron chi connectivity index (χ2n) is 6.75. The van der Waals surface area contributed by atoms with Crippen molar-refractivity contribution < 1.29 is 19.7 Å². The van der Waals surface area contributed by atoms with Crippen molar-refractivity contribution in [1.29, 1.82) is 0 Å². The van der Waals surface area contributed by atoms with Crippen LogP contribution in [0.4, 0.5) is 0 Å². The molecule has 0 bridgehead atoms. The molecule has 0 radical (unpaired) electrons. The van der Waals surface area contributed by atoms with Gasteiger partial charge in [-0.05, 0) is 10.8 Å². The fourth-order valence-corrected chi connectivity index (χ4v) is 2.06. The predicted molar refractivity (Wildman–Crippen MR) is 72.6 cm³/mol. The molecule has 0 saturated carbocycles. The second kappa shape index (κ2) is 6.85. The van der Waals surface area contributed by atoms with Crippen molar-refractivity contribution in [3.05, 3.63) is 0 Å². The van der Waals surface area contributed by atoms with Gasteiger partial charge in [-0.3, -0.25) is 0 Å². The highest BCUT2D eigenvalue weighted by Crippen LogP contribution is 2.43. The molecule has 0 amide bonds. The standard InChI is InChI=1S/C14H30O4/c1-12(2,3)14(16,13(4,5)6)11-18-10-9-17-8-7-15/h15-16H,7-11H2,1-6H3. The Morgan fingerprint density at radius 1 is 0.778 bits per heavy atom. The maximum Gasteiger partial charge on any atom is 0.0975 e. The Kier molecular flexibility index (Phi) is 6.79. The van der Waals surface area contributed by atoms with Crippen molar-refractivity contribution in [3.8, 4) is 0 Å². The molecule has 110 valence electrons. The molecule has 0 fully saturated rings. The third-order valence-electron chi connectivity index (χ3n) is 3.40. The molecule has 0 aromatic heterocycles. The van der Waals surface area contributed by atoms with E-state index < -0.39 is 5.60 Å². The van der Waals surface area contributed by atoms with Gasteiger partial charge in [0.2, 0.25) is 0 Å². The van der Waals surface area contributed by atoms with Gasteiger partial charge in [0.05, 0.1) is 38.6 Å². The topological polar surface area (TPSA) is 58.9 Å². The molecule has 0 atom stereocenters. The first-order valence-electron chi connectivity index (χ1n) is 6.55. The van der Waals surface area contributed by atoms with Crippen LogP contribution in [-0.4, -0.2) is 48.8 Å². The summed E-state index contributed by atoms with van der Waals surface area (Å²) in [7, 11) is 0. The highest BCUT2D eigenvalue weighted by atomic mass is 16.5. The molecule has 0 spiro atoms. The van der Waals surface area contributed by atoms with Crippen LogP contribution in [0.2, 0.25) is 0 Å². The van der Waals surface area contributed by atoms with Crippen molar-refractivity contribution >= 4 is 0 Å². The molecule has 2 N–H and O–H groups in total. The molecule has 0 rings (SSSR count). The maximum absolute atomic E-state index is 10.9. The fraction of sp³-hybridized carbons (Fsp3) is 1.00. The van der Waals surface area contributed by atoms with Gasteiger partial charge >= 0.3 is 0 Å². The van der Waals surface area contributed by atoms with Crippen LogP contribution in [0.3, 0.4) is 0 Å². The highest BCUT2D eigenvalue weighted by Gasteiger charge is 2.49. The number of aliphatic hydroxyl groups excluding tert-OH is 1. The summed E-state index contributed by atoms with van der Waals surface area (Å²) in [6, 6.07) is 0. The quantitative estimate of drug-likeness (QED) is 0.687. The normalized spacial score (nSPS) is 14.0. The molecule has 0 heterocycles. The lowest BCUT2D eigenvalue weighted by molar-refractivity contribution is -0.178. The summed E-state index contributed by atoms with van der Waals surface area (Å²) in [4.78, 5) is 0. The lowest BCUT2D eigenvalue weighted by Gasteiger charge is -2.49. The van der Waals surface area contributed by atoms with Crippen LogP contribution in [0.1, 0.15) is 41.5 Å². The third kappa shape index (κ3) is 4.84. The molecule has 0 unspecified atom stereocenters. The van der Waals surface area contributed by atoms with Gasteiger partial charge in [0.25, 0.3) is 0 Å². The minimum absolute atomic E-state index is 0.0217. The van der Waals surface area contributed by atoms with Crippen LogP contribution in [0, 0.1) is 10.8 Å². The summed E-state index contributed by atoms with van der Waals surface area (Å²) in [6.45, 7) is 13.6. The molecular weight excluding hydrogens is 232 g/mol. The summed E-state index contributed by atoms with van der Waals surface area (Å²) in [5, 5.41) is 19.4. The van der Waals surface area contributed by atoms with E-state index in [9.17, 15) is 5.11 Å². The number of rotatable bonds is 7. The first-order valence-corrected chi connectivity index (χ1v) is 6.55. The molecule has 0 aliphatic heterocycles. The molecule has 0 aliphatic carbocycles. The van der Waals surface area contributed by atoms with Gasteiger partial charge in [-0.25, -0.2) is 0 Å². The Balaban J connectivity index is 4.30. The summed E-state index contributed by atoms with van der Waals surface area (Å²) < 4.78 is 10.7. The summed E-state index contributed by atoms with van der Waals surface area (Å²) in [6.07, 6.45) is 0. The van der Waals surface area contributed by atoms with E-state index in [1.165, 1.54) is 0 Å². The lowest BCUT2D eigenvalue weighted by Crippen LogP contribution is -2.56. The molecule has 0 aliphatic rings. The Hall–Kier alpha value is -0.160. The van der Waals surface area contributed by atoms with Crippen molar-refractivity contribution in [2.45, 2.75) is 47.1 Å². The molecule has 0 saturated heterocycles. The van der Waals surface area contributed by atoms with E-state index in [0.717, 1.165) is 0 Å². The number of hydrogen-bond donors (Lipinski definition) is 2. The molecule has 4 heteroatoms. The fourth-order valence-electron chi connectivity index (χ4n) is 2.06. The first kappa shape index (κ1) is 17.8. The zero-order valence-electron chi connectivity index (χ0n) is 12.7. The van der Waals surface area contributed by atoms with Crippen LogP contribution < -0.4 is 0 Å². The van der Waals surface area contributed by atoms with Crippen LogP contribution in [0.25, 0.3) is 0 Å². The number of aliphatic hydroxyl groups is 2. The van der Waals surface area contributed by atoms with Crippen molar-refractivity contribution in [2.75, 3.05) is 33.0 Å². The summed E-state index contributed by atoms with van der Waals surface area (Å²) >= 11 is 0.